The normalized spacial score (nSPS) is 16.2. The van der Waals surface area contributed by atoms with Gasteiger partial charge in [0, 0.05) is 13.2 Å². The first kappa shape index (κ1) is 12.9. The Morgan fingerprint density at radius 2 is 1.77 bits per heavy atom. The summed E-state index contributed by atoms with van der Waals surface area (Å²) in [6, 6.07) is 0.430. The highest BCUT2D eigenvalue weighted by Crippen LogP contribution is 2.03. The van der Waals surface area contributed by atoms with Crippen LogP contribution >= 0.6 is 0 Å². The average molecular weight is 189 g/mol. The lowest BCUT2D eigenvalue weighted by atomic mass is 10.1. The summed E-state index contributed by atoms with van der Waals surface area (Å²) in [5.74, 6) is 0.597. The standard InChI is InChI=1S/C10H23NO2/c1-8(2)10(11-4)7-13-9(3)6-12-5/h8-11H,6-7H2,1-5H3. The van der Waals surface area contributed by atoms with Crippen LogP contribution < -0.4 is 5.32 Å². The van der Waals surface area contributed by atoms with Crippen molar-refractivity contribution >= 4 is 0 Å². The quantitative estimate of drug-likeness (QED) is 0.654. The highest BCUT2D eigenvalue weighted by molar-refractivity contribution is 4.67. The number of hydrogen-bond acceptors (Lipinski definition) is 3. The van der Waals surface area contributed by atoms with Gasteiger partial charge in [-0.3, -0.25) is 0 Å². The Bertz CT molecular complexity index is 117. The van der Waals surface area contributed by atoms with E-state index < -0.39 is 0 Å². The Hall–Kier alpha value is -0.120. The lowest BCUT2D eigenvalue weighted by Crippen LogP contribution is -2.36. The van der Waals surface area contributed by atoms with Crippen molar-refractivity contribution in [1.82, 2.24) is 5.32 Å². The largest absolute Gasteiger partial charge is 0.382 e. The third kappa shape index (κ3) is 6.02. The maximum atomic E-state index is 5.61. The molecule has 3 nitrogen and oxygen atoms in total. The van der Waals surface area contributed by atoms with Crippen molar-refractivity contribution in [2.45, 2.75) is 32.9 Å². The van der Waals surface area contributed by atoms with Crippen molar-refractivity contribution in [3.63, 3.8) is 0 Å². The zero-order valence-electron chi connectivity index (χ0n) is 9.46. The van der Waals surface area contributed by atoms with Gasteiger partial charge in [-0.15, -0.1) is 0 Å². The molecule has 0 aromatic carbocycles. The lowest BCUT2D eigenvalue weighted by Gasteiger charge is -2.22. The van der Waals surface area contributed by atoms with E-state index in [1.165, 1.54) is 0 Å². The molecule has 0 rings (SSSR count). The van der Waals surface area contributed by atoms with Crippen LogP contribution in [0, 0.1) is 5.92 Å². The molecule has 0 spiro atoms. The summed E-state index contributed by atoms with van der Waals surface area (Å²) in [5.41, 5.74) is 0. The number of nitrogens with one attached hydrogen (secondary N) is 1. The van der Waals surface area contributed by atoms with Crippen LogP contribution in [0.15, 0.2) is 0 Å². The summed E-state index contributed by atoms with van der Waals surface area (Å²) in [4.78, 5) is 0. The van der Waals surface area contributed by atoms with Crippen LogP contribution in [0.2, 0.25) is 0 Å². The molecule has 0 heterocycles. The van der Waals surface area contributed by atoms with E-state index in [1.807, 2.05) is 14.0 Å². The second kappa shape index (κ2) is 7.30. The Kier molecular flexibility index (Phi) is 7.23. The maximum Gasteiger partial charge on any atom is 0.0781 e. The second-order valence-corrected chi connectivity index (χ2v) is 3.74. The molecule has 0 aliphatic carbocycles. The van der Waals surface area contributed by atoms with Gasteiger partial charge in [-0.1, -0.05) is 13.8 Å². The number of ether oxygens (including phenoxy) is 2. The molecule has 2 atom stereocenters. The molecule has 0 saturated heterocycles. The van der Waals surface area contributed by atoms with Gasteiger partial charge in [-0.05, 0) is 19.9 Å². The topological polar surface area (TPSA) is 30.5 Å². The highest BCUT2D eigenvalue weighted by atomic mass is 16.5. The molecule has 3 heteroatoms. The van der Waals surface area contributed by atoms with Crippen LogP contribution in [0.3, 0.4) is 0 Å². The number of rotatable bonds is 7. The van der Waals surface area contributed by atoms with Gasteiger partial charge in [0.2, 0.25) is 0 Å². The first-order chi connectivity index (χ1) is 6.11. The van der Waals surface area contributed by atoms with E-state index >= 15 is 0 Å². The van der Waals surface area contributed by atoms with E-state index in [4.69, 9.17) is 9.47 Å². The van der Waals surface area contributed by atoms with Crippen LogP contribution in [0.25, 0.3) is 0 Å². The van der Waals surface area contributed by atoms with Crippen molar-refractivity contribution in [1.29, 1.82) is 0 Å². The summed E-state index contributed by atoms with van der Waals surface area (Å²) in [6.07, 6.45) is 0.180. The molecule has 0 fully saturated rings. The summed E-state index contributed by atoms with van der Waals surface area (Å²) >= 11 is 0. The molecule has 0 saturated carbocycles. The van der Waals surface area contributed by atoms with Gasteiger partial charge in [0.1, 0.15) is 0 Å². The molecule has 0 aliphatic heterocycles. The van der Waals surface area contributed by atoms with Gasteiger partial charge >= 0.3 is 0 Å². The minimum atomic E-state index is 0.180. The van der Waals surface area contributed by atoms with E-state index in [9.17, 15) is 0 Å². The number of likely N-dealkylation sites (N-methyl/N-ethyl adjacent to an activating group) is 1. The van der Waals surface area contributed by atoms with Crippen LogP contribution in [0.5, 0.6) is 0 Å². The van der Waals surface area contributed by atoms with Gasteiger partial charge in [-0.2, -0.15) is 0 Å². The van der Waals surface area contributed by atoms with Crippen LogP contribution in [0.1, 0.15) is 20.8 Å². The predicted molar refractivity (Wildman–Crippen MR) is 55.0 cm³/mol. The Morgan fingerprint density at radius 3 is 2.15 bits per heavy atom. The molecule has 0 radical (unpaired) electrons. The van der Waals surface area contributed by atoms with E-state index in [-0.39, 0.29) is 6.10 Å². The van der Waals surface area contributed by atoms with E-state index in [2.05, 4.69) is 19.2 Å². The summed E-state index contributed by atoms with van der Waals surface area (Å²) in [6.45, 7) is 7.81. The Labute approximate surface area is 81.8 Å². The van der Waals surface area contributed by atoms with Gasteiger partial charge in [-0.25, -0.2) is 0 Å². The van der Waals surface area contributed by atoms with E-state index in [1.54, 1.807) is 7.11 Å². The summed E-state index contributed by atoms with van der Waals surface area (Å²) in [5, 5.41) is 3.23. The Balaban J connectivity index is 3.59. The highest BCUT2D eigenvalue weighted by Gasteiger charge is 2.12. The fourth-order valence-corrected chi connectivity index (χ4v) is 1.16. The molecule has 0 bridgehead atoms. The predicted octanol–water partition coefficient (Wildman–Crippen LogP) is 1.28. The first-order valence-corrected chi connectivity index (χ1v) is 4.89. The maximum absolute atomic E-state index is 5.61. The van der Waals surface area contributed by atoms with Crippen LogP contribution in [0.4, 0.5) is 0 Å². The van der Waals surface area contributed by atoms with Crippen molar-refractivity contribution in [3.05, 3.63) is 0 Å². The van der Waals surface area contributed by atoms with Crippen molar-refractivity contribution in [2.24, 2.45) is 5.92 Å². The molecule has 2 unspecified atom stereocenters. The van der Waals surface area contributed by atoms with Crippen LogP contribution in [-0.4, -0.2) is 39.5 Å². The fourth-order valence-electron chi connectivity index (χ4n) is 1.16. The van der Waals surface area contributed by atoms with Crippen LogP contribution in [-0.2, 0) is 9.47 Å². The molecule has 13 heavy (non-hydrogen) atoms. The first-order valence-electron chi connectivity index (χ1n) is 4.89. The molecular formula is C10H23NO2. The van der Waals surface area contributed by atoms with Gasteiger partial charge < -0.3 is 14.8 Å². The monoisotopic (exact) mass is 189 g/mol. The molecule has 1 N–H and O–H groups in total. The lowest BCUT2D eigenvalue weighted by molar-refractivity contribution is -0.00431. The van der Waals surface area contributed by atoms with Gasteiger partial charge in [0.15, 0.2) is 0 Å². The SMILES string of the molecule is CNC(COC(C)COC)C(C)C. The molecule has 0 aliphatic rings. The molecule has 0 aromatic heterocycles. The minimum Gasteiger partial charge on any atom is -0.382 e. The number of hydrogen-bond donors (Lipinski definition) is 1. The third-order valence-corrected chi connectivity index (χ3v) is 2.14. The van der Waals surface area contributed by atoms with Gasteiger partial charge in [0.25, 0.3) is 0 Å². The molecule has 0 aromatic rings. The smallest absolute Gasteiger partial charge is 0.0781 e. The zero-order chi connectivity index (χ0) is 10.3. The average Bonchev–Trinajstić information content (AvgIpc) is 2.05. The number of methoxy groups -OCH3 is 1. The molecule has 0 amide bonds. The molecular weight excluding hydrogens is 166 g/mol. The molecule has 80 valence electrons. The zero-order valence-corrected chi connectivity index (χ0v) is 9.46. The van der Waals surface area contributed by atoms with Crippen molar-refractivity contribution < 1.29 is 9.47 Å². The van der Waals surface area contributed by atoms with E-state index in [0.29, 0.717) is 18.6 Å². The Morgan fingerprint density at radius 1 is 1.15 bits per heavy atom. The van der Waals surface area contributed by atoms with Crippen molar-refractivity contribution in [2.75, 3.05) is 27.4 Å². The third-order valence-electron chi connectivity index (χ3n) is 2.14. The van der Waals surface area contributed by atoms with Gasteiger partial charge in [0.05, 0.1) is 19.3 Å². The summed E-state index contributed by atoms with van der Waals surface area (Å²) < 4.78 is 10.6. The van der Waals surface area contributed by atoms with E-state index in [0.717, 1.165) is 6.61 Å². The minimum absolute atomic E-state index is 0.180. The summed E-state index contributed by atoms with van der Waals surface area (Å²) in [7, 11) is 3.66. The second-order valence-electron chi connectivity index (χ2n) is 3.74. The fraction of sp³-hybridized carbons (Fsp3) is 1.00. The van der Waals surface area contributed by atoms with Crippen molar-refractivity contribution in [3.8, 4) is 0 Å².